The zero-order valence-electron chi connectivity index (χ0n) is 11.6. The number of carbonyl (C=O) groups is 1. The molecule has 0 aliphatic rings. The van der Waals surface area contributed by atoms with Crippen LogP contribution in [0.1, 0.15) is 15.9 Å². The number of halogens is 1. The normalized spacial score (nSPS) is 10.2. The Morgan fingerprint density at radius 3 is 2.86 bits per heavy atom. The van der Waals surface area contributed by atoms with Crippen molar-refractivity contribution in [2.75, 3.05) is 18.5 Å². The van der Waals surface area contributed by atoms with Crippen molar-refractivity contribution in [2.24, 2.45) is 0 Å². The molecule has 0 spiro atoms. The fraction of sp³-hybridized carbons (Fsp3) is 0.188. The summed E-state index contributed by atoms with van der Waals surface area (Å²) in [6.07, 6.45) is 0. The summed E-state index contributed by atoms with van der Waals surface area (Å²) in [7, 11) is 0. The van der Waals surface area contributed by atoms with E-state index in [9.17, 15) is 4.79 Å². The average molecular weight is 350 g/mol. The molecular weight excluding hydrogens is 334 g/mol. The van der Waals surface area contributed by atoms with E-state index in [0.717, 1.165) is 10.2 Å². The Labute approximate surface area is 131 Å². The minimum atomic E-state index is -0.956. The van der Waals surface area contributed by atoms with Crippen LogP contribution in [0.2, 0.25) is 0 Å². The summed E-state index contributed by atoms with van der Waals surface area (Å²) in [4.78, 5) is 10.9. The van der Waals surface area contributed by atoms with Gasteiger partial charge in [0, 0.05) is 16.7 Å². The molecular formula is C16H16BrNO3. The third kappa shape index (κ3) is 4.49. The maximum atomic E-state index is 10.9. The molecule has 0 atom stereocenters. The lowest BCUT2D eigenvalue weighted by atomic mass is 10.2. The van der Waals surface area contributed by atoms with Gasteiger partial charge in [0.05, 0.1) is 5.56 Å². The van der Waals surface area contributed by atoms with Crippen molar-refractivity contribution in [3.05, 3.63) is 58.1 Å². The molecule has 0 heterocycles. The van der Waals surface area contributed by atoms with Crippen molar-refractivity contribution < 1.29 is 14.6 Å². The summed E-state index contributed by atoms with van der Waals surface area (Å²) in [5.41, 5.74) is 2.41. The Bertz CT molecular complexity index is 643. The monoisotopic (exact) mass is 349 g/mol. The molecule has 0 amide bonds. The minimum absolute atomic E-state index is 0.224. The van der Waals surface area contributed by atoms with Gasteiger partial charge < -0.3 is 15.2 Å². The first-order valence-corrected chi connectivity index (χ1v) is 7.32. The molecule has 0 aliphatic heterocycles. The number of rotatable bonds is 6. The summed E-state index contributed by atoms with van der Waals surface area (Å²) < 4.78 is 6.55. The standard InChI is InChI=1S/C16H16BrNO3/c1-11-5-6-14(17)15(9-11)18-7-8-21-13-4-2-3-12(10-13)16(19)20/h2-6,9-10,18H,7-8H2,1H3,(H,19,20). The van der Waals surface area contributed by atoms with Crippen LogP contribution in [0.4, 0.5) is 5.69 Å². The highest BCUT2D eigenvalue weighted by Gasteiger charge is 2.04. The van der Waals surface area contributed by atoms with Crippen molar-refractivity contribution in [3.63, 3.8) is 0 Å². The summed E-state index contributed by atoms with van der Waals surface area (Å²) in [5.74, 6) is -0.401. The highest BCUT2D eigenvalue weighted by molar-refractivity contribution is 9.10. The first-order chi connectivity index (χ1) is 10.1. The molecule has 0 aromatic heterocycles. The topological polar surface area (TPSA) is 58.6 Å². The number of hydrogen-bond acceptors (Lipinski definition) is 3. The first-order valence-electron chi connectivity index (χ1n) is 6.52. The average Bonchev–Trinajstić information content (AvgIpc) is 2.47. The number of anilines is 1. The molecule has 2 aromatic carbocycles. The Hall–Kier alpha value is -2.01. The number of aryl methyl sites for hydroxylation is 1. The van der Waals surface area contributed by atoms with Gasteiger partial charge in [-0.3, -0.25) is 0 Å². The molecule has 0 fully saturated rings. The molecule has 0 bridgehead atoms. The van der Waals surface area contributed by atoms with E-state index in [4.69, 9.17) is 9.84 Å². The fourth-order valence-corrected chi connectivity index (χ4v) is 2.23. The number of hydrogen-bond donors (Lipinski definition) is 2. The second kappa shape index (κ2) is 7.13. The van der Waals surface area contributed by atoms with Crippen molar-refractivity contribution in [1.82, 2.24) is 0 Å². The Morgan fingerprint density at radius 2 is 2.10 bits per heavy atom. The van der Waals surface area contributed by atoms with Crippen LogP contribution in [0.5, 0.6) is 5.75 Å². The summed E-state index contributed by atoms with van der Waals surface area (Å²) >= 11 is 3.48. The van der Waals surface area contributed by atoms with Crippen LogP contribution in [0.3, 0.4) is 0 Å². The second-order valence-corrected chi connectivity index (χ2v) is 5.45. The molecule has 21 heavy (non-hydrogen) atoms. The summed E-state index contributed by atoms with van der Waals surface area (Å²) in [6, 6.07) is 12.5. The van der Waals surface area contributed by atoms with E-state index in [1.807, 2.05) is 19.1 Å². The molecule has 0 saturated heterocycles. The van der Waals surface area contributed by atoms with Gasteiger partial charge in [0.15, 0.2) is 0 Å². The van der Waals surface area contributed by atoms with Crippen molar-refractivity contribution in [3.8, 4) is 5.75 Å². The molecule has 2 aromatic rings. The maximum absolute atomic E-state index is 10.9. The van der Waals surface area contributed by atoms with E-state index in [1.165, 1.54) is 17.7 Å². The van der Waals surface area contributed by atoms with E-state index in [-0.39, 0.29) is 5.56 Å². The van der Waals surface area contributed by atoms with Gasteiger partial charge in [-0.2, -0.15) is 0 Å². The molecule has 0 aliphatic carbocycles. The molecule has 0 radical (unpaired) electrons. The van der Waals surface area contributed by atoms with Crippen LogP contribution in [-0.4, -0.2) is 24.2 Å². The minimum Gasteiger partial charge on any atom is -0.492 e. The fourth-order valence-electron chi connectivity index (χ4n) is 1.85. The van der Waals surface area contributed by atoms with Gasteiger partial charge in [0.25, 0.3) is 0 Å². The number of benzene rings is 2. The van der Waals surface area contributed by atoms with Crippen molar-refractivity contribution >= 4 is 27.6 Å². The Morgan fingerprint density at radius 1 is 1.29 bits per heavy atom. The van der Waals surface area contributed by atoms with Gasteiger partial charge in [0.2, 0.25) is 0 Å². The number of aromatic carboxylic acids is 1. The summed E-state index contributed by atoms with van der Waals surface area (Å²) in [6.45, 7) is 3.11. The smallest absolute Gasteiger partial charge is 0.335 e. The predicted octanol–water partition coefficient (Wildman–Crippen LogP) is 3.95. The lowest BCUT2D eigenvalue weighted by Gasteiger charge is -2.11. The Balaban J connectivity index is 1.86. The molecule has 4 nitrogen and oxygen atoms in total. The maximum Gasteiger partial charge on any atom is 0.335 e. The van der Waals surface area contributed by atoms with Crippen molar-refractivity contribution in [1.29, 1.82) is 0 Å². The summed E-state index contributed by atoms with van der Waals surface area (Å²) in [5, 5.41) is 12.2. The second-order valence-electron chi connectivity index (χ2n) is 4.59. The molecule has 110 valence electrons. The van der Waals surface area contributed by atoms with Crippen LogP contribution in [0.15, 0.2) is 46.9 Å². The van der Waals surface area contributed by atoms with Gasteiger partial charge in [-0.25, -0.2) is 4.79 Å². The van der Waals surface area contributed by atoms with Gasteiger partial charge in [-0.1, -0.05) is 12.1 Å². The largest absolute Gasteiger partial charge is 0.492 e. The lowest BCUT2D eigenvalue weighted by Crippen LogP contribution is -2.12. The Kier molecular flexibility index (Phi) is 5.22. The van der Waals surface area contributed by atoms with Crippen molar-refractivity contribution in [2.45, 2.75) is 6.92 Å². The molecule has 0 saturated carbocycles. The molecule has 2 rings (SSSR count). The van der Waals surface area contributed by atoms with Crippen LogP contribution in [0.25, 0.3) is 0 Å². The van der Waals surface area contributed by atoms with E-state index < -0.39 is 5.97 Å². The number of carboxylic acid groups (broad SMARTS) is 1. The zero-order valence-corrected chi connectivity index (χ0v) is 13.2. The molecule has 5 heteroatoms. The van der Waals surface area contributed by atoms with Gasteiger partial charge in [0.1, 0.15) is 12.4 Å². The van der Waals surface area contributed by atoms with E-state index in [2.05, 4.69) is 27.3 Å². The van der Waals surface area contributed by atoms with Gasteiger partial charge in [-0.15, -0.1) is 0 Å². The number of nitrogens with one attached hydrogen (secondary N) is 1. The van der Waals surface area contributed by atoms with E-state index >= 15 is 0 Å². The van der Waals surface area contributed by atoms with E-state index in [0.29, 0.717) is 18.9 Å². The van der Waals surface area contributed by atoms with Crippen LogP contribution < -0.4 is 10.1 Å². The molecule has 2 N–H and O–H groups in total. The quantitative estimate of drug-likeness (QED) is 0.775. The van der Waals surface area contributed by atoms with Gasteiger partial charge in [-0.05, 0) is 58.7 Å². The lowest BCUT2D eigenvalue weighted by molar-refractivity contribution is 0.0696. The highest BCUT2D eigenvalue weighted by atomic mass is 79.9. The van der Waals surface area contributed by atoms with Gasteiger partial charge >= 0.3 is 5.97 Å². The van der Waals surface area contributed by atoms with Crippen LogP contribution >= 0.6 is 15.9 Å². The number of ether oxygens (including phenoxy) is 1. The van der Waals surface area contributed by atoms with Crippen LogP contribution in [0, 0.1) is 6.92 Å². The zero-order chi connectivity index (χ0) is 15.2. The first kappa shape index (κ1) is 15.4. The third-order valence-electron chi connectivity index (χ3n) is 2.89. The SMILES string of the molecule is Cc1ccc(Br)c(NCCOc2cccc(C(=O)O)c2)c1. The molecule has 0 unspecified atom stereocenters. The predicted molar refractivity (Wildman–Crippen MR) is 86.3 cm³/mol. The third-order valence-corrected chi connectivity index (χ3v) is 3.58. The van der Waals surface area contributed by atoms with E-state index in [1.54, 1.807) is 12.1 Å². The van der Waals surface area contributed by atoms with Crippen LogP contribution in [-0.2, 0) is 0 Å². The highest BCUT2D eigenvalue weighted by Crippen LogP contribution is 2.23. The number of carboxylic acids is 1.